The Hall–Kier alpha value is -2.41. The Labute approximate surface area is 183 Å². The van der Waals surface area contributed by atoms with Gasteiger partial charge < -0.3 is 19.9 Å². The minimum atomic E-state index is -0.562. The summed E-state index contributed by atoms with van der Waals surface area (Å²) in [4.78, 5) is 41.8. The fourth-order valence-electron chi connectivity index (χ4n) is 5.78. The van der Waals surface area contributed by atoms with Gasteiger partial charge in [-0.2, -0.15) is 0 Å². The summed E-state index contributed by atoms with van der Waals surface area (Å²) in [5.41, 5.74) is 1.19. The SMILES string of the molecule is C/C=C/c1ccc2n(c1=O)C[C@H]1[C@H](CO)[C@@H](C(=O)NCCC)[C@@H]2N1C(=O)C1CCCC1. The molecule has 1 saturated carbocycles. The van der Waals surface area contributed by atoms with E-state index in [0.29, 0.717) is 24.3 Å². The number of amides is 2. The first kappa shape index (κ1) is 21.8. The van der Waals surface area contributed by atoms with Crippen molar-refractivity contribution in [3.63, 3.8) is 0 Å². The van der Waals surface area contributed by atoms with E-state index in [0.717, 1.165) is 32.1 Å². The van der Waals surface area contributed by atoms with E-state index in [4.69, 9.17) is 0 Å². The van der Waals surface area contributed by atoms with Crippen molar-refractivity contribution in [1.29, 1.82) is 0 Å². The molecule has 4 rings (SSSR count). The molecule has 3 heterocycles. The zero-order valence-electron chi connectivity index (χ0n) is 18.4. The maximum absolute atomic E-state index is 13.6. The fraction of sp³-hybridized carbons (Fsp3) is 0.625. The third-order valence-corrected chi connectivity index (χ3v) is 7.23. The van der Waals surface area contributed by atoms with E-state index in [9.17, 15) is 19.5 Å². The van der Waals surface area contributed by atoms with E-state index >= 15 is 0 Å². The Morgan fingerprint density at radius 3 is 2.65 bits per heavy atom. The Morgan fingerprint density at radius 2 is 2.00 bits per heavy atom. The van der Waals surface area contributed by atoms with Gasteiger partial charge in [0.1, 0.15) is 0 Å². The number of aromatic nitrogens is 1. The van der Waals surface area contributed by atoms with Gasteiger partial charge in [-0.15, -0.1) is 0 Å². The predicted molar refractivity (Wildman–Crippen MR) is 118 cm³/mol. The molecule has 2 amide bonds. The van der Waals surface area contributed by atoms with Crippen LogP contribution < -0.4 is 10.9 Å². The molecule has 7 nitrogen and oxygen atoms in total. The molecular weight excluding hydrogens is 394 g/mol. The van der Waals surface area contributed by atoms with E-state index in [2.05, 4.69) is 5.32 Å². The lowest BCUT2D eigenvalue weighted by atomic mass is 9.86. The van der Waals surface area contributed by atoms with E-state index in [-0.39, 0.29) is 35.9 Å². The summed E-state index contributed by atoms with van der Waals surface area (Å²) in [5, 5.41) is 13.3. The van der Waals surface area contributed by atoms with E-state index in [1.165, 1.54) is 0 Å². The van der Waals surface area contributed by atoms with Gasteiger partial charge in [0.2, 0.25) is 11.8 Å². The molecule has 4 atom stereocenters. The summed E-state index contributed by atoms with van der Waals surface area (Å²) < 4.78 is 1.72. The van der Waals surface area contributed by atoms with Crippen LogP contribution in [0.15, 0.2) is 23.0 Å². The topological polar surface area (TPSA) is 91.6 Å². The highest BCUT2D eigenvalue weighted by Gasteiger charge is 2.58. The summed E-state index contributed by atoms with van der Waals surface area (Å²) in [6.45, 7) is 4.53. The van der Waals surface area contributed by atoms with Crippen LogP contribution in [-0.4, -0.2) is 45.6 Å². The van der Waals surface area contributed by atoms with Crippen LogP contribution in [0, 0.1) is 17.8 Å². The second-order valence-corrected chi connectivity index (χ2v) is 9.03. The van der Waals surface area contributed by atoms with E-state index in [1.54, 1.807) is 16.7 Å². The molecule has 2 N–H and O–H groups in total. The molecule has 1 saturated heterocycles. The number of hydrogen-bond acceptors (Lipinski definition) is 4. The van der Waals surface area contributed by atoms with Gasteiger partial charge in [0.15, 0.2) is 0 Å². The third kappa shape index (κ3) is 3.63. The van der Waals surface area contributed by atoms with Gasteiger partial charge in [-0.1, -0.05) is 31.9 Å². The van der Waals surface area contributed by atoms with Crippen LogP contribution in [0.25, 0.3) is 6.08 Å². The zero-order chi connectivity index (χ0) is 22.1. The monoisotopic (exact) mass is 427 g/mol. The number of allylic oxidation sites excluding steroid dienone is 1. The molecule has 31 heavy (non-hydrogen) atoms. The van der Waals surface area contributed by atoms with Crippen molar-refractivity contribution in [1.82, 2.24) is 14.8 Å². The van der Waals surface area contributed by atoms with Gasteiger partial charge in [-0.05, 0) is 38.3 Å². The maximum atomic E-state index is 13.6. The average Bonchev–Trinajstić information content (AvgIpc) is 3.38. The lowest BCUT2D eigenvalue weighted by molar-refractivity contribution is -0.141. The van der Waals surface area contributed by atoms with Gasteiger partial charge in [0, 0.05) is 42.8 Å². The number of aliphatic hydroxyl groups excluding tert-OH is 1. The smallest absolute Gasteiger partial charge is 0.258 e. The molecule has 2 bridgehead atoms. The van der Waals surface area contributed by atoms with Crippen LogP contribution in [0.2, 0.25) is 0 Å². The molecular formula is C24H33N3O4. The summed E-state index contributed by atoms with van der Waals surface area (Å²) in [6.07, 6.45) is 8.26. The van der Waals surface area contributed by atoms with Crippen molar-refractivity contribution in [3.05, 3.63) is 39.8 Å². The molecule has 1 aliphatic carbocycles. The van der Waals surface area contributed by atoms with Crippen molar-refractivity contribution in [2.24, 2.45) is 17.8 Å². The molecule has 1 aromatic rings. The van der Waals surface area contributed by atoms with Gasteiger partial charge in [0.05, 0.1) is 18.0 Å². The predicted octanol–water partition coefficient (Wildman–Crippen LogP) is 2.09. The Balaban J connectivity index is 1.82. The van der Waals surface area contributed by atoms with Crippen molar-refractivity contribution in [2.45, 2.75) is 64.6 Å². The van der Waals surface area contributed by atoms with Crippen molar-refractivity contribution >= 4 is 17.9 Å². The molecule has 0 spiro atoms. The Morgan fingerprint density at radius 1 is 1.26 bits per heavy atom. The minimum absolute atomic E-state index is 0.0256. The Bertz CT molecular complexity index is 931. The standard InChI is InChI=1S/C24H33N3O4/c1-3-7-15-10-11-18-21-20(22(29)25-12-4-2)17(14-28)19(13-26(18)23(15)30)27(21)24(31)16-8-5-6-9-16/h3,7,10-11,16-17,19-21,28H,4-6,8-9,12-14H2,1-2H3,(H,25,29)/b7-3+/t17-,19-,20+,21+/m0/s1. The number of carbonyl (C=O) groups excluding carboxylic acids is 2. The van der Waals surface area contributed by atoms with Crippen molar-refractivity contribution in [2.75, 3.05) is 13.2 Å². The molecule has 0 unspecified atom stereocenters. The highest BCUT2D eigenvalue weighted by molar-refractivity contribution is 5.85. The van der Waals surface area contributed by atoms with Crippen molar-refractivity contribution in [3.8, 4) is 0 Å². The highest BCUT2D eigenvalue weighted by Crippen LogP contribution is 2.49. The lowest BCUT2D eigenvalue weighted by Crippen LogP contribution is -2.50. The molecule has 0 aromatic carbocycles. The molecule has 3 aliphatic rings. The maximum Gasteiger partial charge on any atom is 0.258 e. The number of fused-ring (bicyclic) bond motifs is 4. The number of aliphatic hydroxyl groups is 1. The van der Waals surface area contributed by atoms with Crippen LogP contribution in [0.4, 0.5) is 0 Å². The number of nitrogens with zero attached hydrogens (tertiary/aromatic N) is 2. The Kier molecular flexibility index (Phi) is 6.32. The van der Waals surface area contributed by atoms with Gasteiger partial charge in [-0.3, -0.25) is 14.4 Å². The molecule has 1 aromatic heterocycles. The first-order valence-corrected chi connectivity index (χ1v) is 11.6. The summed E-state index contributed by atoms with van der Waals surface area (Å²) in [6, 6.07) is 2.78. The van der Waals surface area contributed by atoms with Gasteiger partial charge in [0.25, 0.3) is 5.56 Å². The van der Waals surface area contributed by atoms with Gasteiger partial charge >= 0.3 is 0 Å². The van der Waals surface area contributed by atoms with Crippen molar-refractivity contribution < 1.29 is 14.7 Å². The average molecular weight is 428 g/mol. The molecule has 7 heteroatoms. The largest absolute Gasteiger partial charge is 0.396 e. The van der Waals surface area contributed by atoms with Crippen LogP contribution >= 0.6 is 0 Å². The number of pyridine rings is 1. The fourth-order valence-corrected chi connectivity index (χ4v) is 5.78. The number of rotatable bonds is 6. The molecule has 0 radical (unpaired) electrons. The van der Waals surface area contributed by atoms with E-state index in [1.807, 2.05) is 30.9 Å². The first-order valence-electron chi connectivity index (χ1n) is 11.6. The minimum Gasteiger partial charge on any atom is -0.396 e. The number of carbonyl (C=O) groups is 2. The zero-order valence-corrected chi connectivity index (χ0v) is 18.4. The highest BCUT2D eigenvalue weighted by atomic mass is 16.3. The van der Waals surface area contributed by atoms with Crippen LogP contribution in [-0.2, 0) is 16.1 Å². The molecule has 168 valence electrons. The quantitative estimate of drug-likeness (QED) is 0.727. The summed E-state index contributed by atoms with van der Waals surface area (Å²) in [5.74, 6) is -1.05. The second kappa shape index (κ2) is 8.99. The molecule has 2 aliphatic heterocycles. The number of hydrogen-bond donors (Lipinski definition) is 2. The normalized spacial score (nSPS) is 27.6. The molecule has 2 fully saturated rings. The number of nitrogens with one attached hydrogen (secondary N) is 1. The first-order chi connectivity index (χ1) is 15.0. The van der Waals surface area contributed by atoms with Gasteiger partial charge in [-0.25, -0.2) is 0 Å². The van der Waals surface area contributed by atoms with Crippen LogP contribution in [0.3, 0.4) is 0 Å². The van der Waals surface area contributed by atoms with Crippen LogP contribution in [0.1, 0.15) is 63.3 Å². The van der Waals surface area contributed by atoms with Crippen LogP contribution in [0.5, 0.6) is 0 Å². The third-order valence-electron chi connectivity index (χ3n) is 7.23. The van der Waals surface area contributed by atoms with E-state index < -0.39 is 17.9 Å². The summed E-state index contributed by atoms with van der Waals surface area (Å²) in [7, 11) is 0. The lowest BCUT2D eigenvalue weighted by Gasteiger charge is -2.39. The summed E-state index contributed by atoms with van der Waals surface area (Å²) >= 11 is 0. The second-order valence-electron chi connectivity index (χ2n) is 9.03.